The molecule has 1 N–H and O–H groups in total. The van der Waals surface area contributed by atoms with E-state index in [4.69, 9.17) is 16.6 Å². The molecule has 1 unspecified atom stereocenters. The highest BCUT2D eigenvalue weighted by Gasteiger charge is 2.35. The van der Waals surface area contributed by atoms with Crippen LogP contribution in [-0.4, -0.2) is 18.1 Å². The van der Waals surface area contributed by atoms with Gasteiger partial charge in [-0.2, -0.15) is 0 Å². The molecule has 1 saturated heterocycles. The predicted molar refractivity (Wildman–Crippen MR) is 83.3 cm³/mol. The van der Waals surface area contributed by atoms with E-state index in [1.54, 1.807) is 0 Å². The van der Waals surface area contributed by atoms with Crippen molar-refractivity contribution in [3.8, 4) is 0 Å². The molecule has 1 aliphatic heterocycles. The van der Waals surface area contributed by atoms with Crippen LogP contribution in [0.1, 0.15) is 37.6 Å². The summed E-state index contributed by atoms with van der Waals surface area (Å²) in [7, 11) is 0. The van der Waals surface area contributed by atoms with Crippen molar-refractivity contribution in [1.82, 2.24) is 10.3 Å². The van der Waals surface area contributed by atoms with Crippen molar-refractivity contribution < 1.29 is 0 Å². The number of halogens is 1. The maximum atomic E-state index is 6.06. The number of fused-ring (bicyclic) bond motifs is 1. The molecule has 1 atom stereocenters. The van der Waals surface area contributed by atoms with Gasteiger partial charge in [0, 0.05) is 17.0 Å². The molecule has 19 heavy (non-hydrogen) atoms. The molecule has 0 amide bonds. The Hall–Kier alpha value is -0.640. The lowest BCUT2D eigenvalue weighted by molar-refractivity contribution is 0.290. The Kier molecular flexibility index (Phi) is 3.79. The maximum absolute atomic E-state index is 6.06. The van der Waals surface area contributed by atoms with E-state index in [0.717, 1.165) is 23.6 Å². The molecule has 3 rings (SSSR count). The molecule has 1 fully saturated rings. The highest BCUT2D eigenvalue weighted by atomic mass is 35.5. The Labute approximate surface area is 123 Å². The molecule has 2 heterocycles. The molecular weight excluding hydrogens is 276 g/mol. The normalized spacial score (nSPS) is 23.9. The lowest BCUT2D eigenvalue weighted by Crippen LogP contribution is -2.43. The fourth-order valence-electron chi connectivity index (χ4n) is 3.08. The Bertz CT molecular complexity index is 567. The number of hydrogen-bond acceptors (Lipinski definition) is 3. The minimum Gasteiger partial charge on any atom is -0.316 e. The van der Waals surface area contributed by atoms with E-state index in [-0.39, 0.29) is 5.41 Å². The smallest absolute Gasteiger partial charge is 0.101 e. The number of piperidine rings is 1. The van der Waals surface area contributed by atoms with Gasteiger partial charge in [-0.3, -0.25) is 0 Å². The number of hydrogen-bond donors (Lipinski definition) is 1. The van der Waals surface area contributed by atoms with Crippen LogP contribution in [0.4, 0.5) is 0 Å². The number of thiazole rings is 1. The molecule has 1 aromatic carbocycles. The minimum absolute atomic E-state index is 0.239. The van der Waals surface area contributed by atoms with Crippen LogP contribution in [0, 0.1) is 0 Å². The number of benzene rings is 1. The maximum Gasteiger partial charge on any atom is 0.101 e. The zero-order valence-electron chi connectivity index (χ0n) is 11.2. The van der Waals surface area contributed by atoms with Crippen LogP contribution in [0.15, 0.2) is 18.2 Å². The van der Waals surface area contributed by atoms with Gasteiger partial charge in [-0.1, -0.05) is 24.9 Å². The quantitative estimate of drug-likeness (QED) is 0.909. The first-order valence-electron chi connectivity index (χ1n) is 7.01. The highest BCUT2D eigenvalue weighted by molar-refractivity contribution is 7.18. The summed E-state index contributed by atoms with van der Waals surface area (Å²) in [4.78, 5) is 4.88. The third kappa shape index (κ3) is 2.51. The number of aromatic nitrogens is 1. The Morgan fingerprint density at radius 1 is 1.47 bits per heavy atom. The summed E-state index contributed by atoms with van der Waals surface area (Å²) in [5.74, 6) is 0. The van der Waals surface area contributed by atoms with Crippen molar-refractivity contribution >= 4 is 33.2 Å². The average Bonchev–Trinajstić information content (AvgIpc) is 2.83. The van der Waals surface area contributed by atoms with Crippen LogP contribution in [0.5, 0.6) is 0 Å². The van der Waals surface area contributed by atoms with E-state index in [1.165, 1.54) is 35.4 Å². The van der Waals surface area contributed by atoms with Crippen LogP contribution in [0.3, 0.4) is 0 Å². The first-order chi connectivity index (χ1) is 9.23. The van der Waals surface area contributed by atoms with Gasteiger partial charge < -0.3 is 5.32 Å². The largest absolute Gasteiger partial charge is 0.316 e. The highest BCUT2D eigenvalue weighted by Crippen LogP contribution is 2.40. The summed E-state index contributed by atoms with van der Waals surface area (Å²) in [6.07, 6.45) is 4.92. The molecule has 1 aromatic heterocycles. The first-order valence-corrected chi connectivity index (χ1v) is 8.20. The van der Waals surface area contributed by atoms with Crippen molar-refractivity contribution in [2.45, 2.75) is 38.0 Å². The molecule has 0 saturated carbocycles. The van der Waals surface area contributed by atoms with E-state index < -0.39 is 0 Å². The van der Waals surface area contributed by atoms with E-state index in [2.05, 4.69) is 18.3 Å². The number of rotatable bonds is 3. The topological polar surface area (TPSA) is 24.9 Å². The van der Waals surface area contributed by atoms with Crippen LogP contribution < -0.4 is 5.32 Å². The minimum atomic E-state index is 0.239. The van der Waals surface area contributed by atoms with Crippen LogP contribution in [0.2, 0.25) is 5.02 Å². The second-order valence-corrected chi connectivity index (χ2v) is 6.91. The Balaban J connectivity index is 2.04. The zero-order valence-corrected chi connectivity index (χ0v) is 12.8. The summed E-state index contributed by atoms with van der Waals surface area (Å²) in [6, 6.07) is 6.03. The van der Waals surface area contributed by atoms with Gasteiger partial charge in [-0.05, 0) is 44.0 Å². The monoisotopic (exact) mass is 294 g/mol. The van der Waals surface area contributed by atoms with Gasteiger partial charge in [-0.25, -0.2) is 4.98 Å². The standard InChI is InChI=1S/C15H19ClN2S/c1-2-6-15(7-3-8-17-10-15)14-18-12-9-11(16)4-5-13(12)19-14/h4-5,9,17H,2-3,6-8,10H2,1H3. The Morgan fingerprint density at radius 2 is 2.37 bits per heavy atom. The van der Waals surface area contributed by atoms with Crippen LogP contribution >= 0.6 is 22.9 Å². The lowest BCUT2D eigenvalue weighted by Gasteiger charge is -2.35. The van der Waals surface area contributed by atoms with Gasteiger partial charge in [0.15, 0.2) is 0 Å². The summed E-state index contributed by atoms with van der Waals surface area (Å²) in [5, 5.41) is 5.62. The SMILES string of the molecule is CCCC1(c2nc3cc(Cl)ccc3s2)CCCNC1. The van der Waals surface area contributed by atoms with Gasteiger partial charge in [-0.15, -0.1) is 11.3 Å². The molecule has 1 aliphatic rings. The Morgan fingerprint density at radius 3 is 3.11 bits per heavy atom. The second-order valence-electron chi connectivity index (χ2n) is 5.44. The van der Waals surface area contributed by atoms with Crippen molar-refractivity contribution in [2.24, 2.45) is 0 Å². The van der Waals surface area contributed by atoms with Crippen molar-refractivity contribution in [3.63, 3.8) is 0 Å². The molecule has 0 radical (unpaired) electrons. The average molecular weight is 295 g/mol. The molecule has 2 aromatic rings. The molecule has 2 nitrogen and oxygen atoms in total. The first kappa shape index (κ1) is 13.3. The third-order valence-electron chi connectivity index (χ3n) is 4.00. The van der Waals surface area contributed by atoms with Crippen LogP contribution in [-0.2, 0) is 5.41 Å². The van der Waals surface area contributed by atoms with Crippen molar-refractivity contribution in [2.75, 3.05) is 13.1 Å². The van der Waals surface area contributed by atoms with Gasteiger partial charge in [0.1, 0.15) is 5.01 Å². The van der Waals surface area contributed by atoms with Gasteiger partial charge in [0.05, 0.1) is 10.2 Å². The van der Waals surface area contributed by atoms with Gasteiger partial charge >= 0.3 is 0 Å². The molecular formula is C15H19ClN2S. The van der Waals surface area contributed by atoms with Gasteiger partial charge in [0.25, 0.3) is 0 Å². The van der Waals surface area contributed by atoms with E-state index in [0.29, 0.717) is 0 Å². The molecule has 0 aliphatic carbocycles. The second kappa shape index (κ2) is 5.39. The van der Waals surface area contributed by atoms with Crippen molar-refractivity contribution in [1.29, 1.82) is 0 Å². The molecule has 4 heteroatoms. The lowest BCUT2D eigenvalue weighted by atomic mass is 9.77. The molecule has 0 spiro atoms. The van der Waals surface area contributed by atoms with E-state index in [9.17, 15) is 0 Å². The number of nitrogens with one attached hydrogen (secondary N) is 1. The van der Waals surface area contributed by atoms with Gasteiger partial charge in [0.2, 0.25) is 0 Å². The summed E-state index contributed by atoms with van der Waals surface area (Å²) in [6.45, 7) is 4.47. The van der Waals surface area contributed by atoms with Crippen LogP contribution in [0.25, 0.3) is 10.2 Å². The zero-order chi connectivity index (χ0) is 13.3. The van der Waals surface area contributed by atoms with E-state index >= 15 is 0 Å². The summed E-state index contributed by atoms with van der Waals surface area (Å²) >= 11 is 7.90. The van der Waals surface area contributed by atoms with Crippen molar-refractivity contribution in [3.05, 3.63) is 28.2 Å². The fourth-order valence-corrected chi connectivity index (χ4v) is 4.43. The predicted octanol–water partition coefficient (Wildman–Crippen LogP) is 4.37. The molecule has 0 bridgehead atoms. The van der Waals surface area contributed by atoms with E-state index in [1.807, 2.05) is 23.5 Å². The summed E-state index contributed by atoms with van der Waals surface area (Å²) < 4.78 is 1.25. The fraction of sp³-hybridized carbons (Fsp3) is 0.533. The molecule has 102 valence electrons. The third-order valence-corrected chi connectivity index (χ3v) is 5.52. The summed E-state index contributed by atoms with van der Waals surface area (Å²) in [5.41, 5.74) is 1.29. The number of nitrogens with zero attached hydrogens (tertiary/aromatic N) is 1.